The van der Waals surface area contributed by atoms with Gasteiger partial charge < -0.3 is 15.4 Å². The Kier molecular flexibility index (Phi) is 7.34. The number of hydrogen-bond donors (Lipinski definition) is 2. The quantitative estimate of drug-likeness (QED) is 0.370. The molecular formula is C28H25N3O3S2. The van der Waals surface area contributed by atoms with E-state index in [0.717, 1.165) is 21.2 Å². The molecule has 0 saturated carbocycles. The van der Waals surface area contributed by atoms with Crippen molar-refractivity contribution >= 4 is 52.5 Å². The molecule has 3 aromatic rings. The molecule has 1 heterocycles. The number of methoxy groups -OCH3 is 1. The van der Waals surface area contributed by atoms with Crippen LogP contribution in [-0.2, 0) is 4.79 Å². The van der Waals surface area contributed by atoms with Gasteiger partial charge in [-0.2, -0.15) is 0 Å². The highest BCUT2D eigenvalue weighted by atomic mass is 32.2. The molecule has 0 saturated heterocycles. The van der Waals surface area contributed by atoms with Crippen molar-refractivity contribution in [3.63, 3.8) is 0 Å². The predicted octanol–water partition coefficient (Wildman–Crippen LogP) is 6.43. The monoisotopic (exact) mass is 515 g/mol. The summed E-state index contributed by atoms with van der Waals surface area (Å²) >= 11 is 3.19. The van der Waals surface area contributed by atoms with Crippen LogP contribution in [-0.4, -0.2) is 36.1 Å². The predicted molar refractivity (Wildman–Crippen MR) is 148 cm³/mol. The summed E-state index contributed by atoms with van der Waals surface area (Å²) in [6, 6.07) is 22.5. The van der Waals surface area contributed by atoms with Crippen molar-refractivity contribution in [3.05, 3.63) is 97.1 Å². The number of benzene rings is 3. The van der Waals surface area contributed by atoms with E-state index in [-0.39, 0.29) is 29.0 Å². The number of rotatable bonds is 6. The van der Waals surface area contributed by atoms with Crippen molar-refractivity contribution in [2.24, 2.45) is 0 Å². The molecule has 2 atom stereocenters. The van der Waals surface area contributed by atoms with Crippen LogP contribution in [0.25, 0.3) is 0 Å². The van der Waals surface area contributed by atoms with Crippen molar-refractivity contribution in [1.29, 1.82) is 0 Å². The minimum Gasteiger partial charge on any atom is -0.497 e. The smallest absolute Gasteiger partial charge is 0.326 e. The van der Waals surface area contributed by atoms with Crippen LogP contribution < -0.4 is 20.3 Å². The van der Waals surface area contributed by atoms with Crippen LogP contribution in [0.2, 0.25) is 0 Å². The van der Waals surface area contributed by atoms with E-state index in [1.807, 2.05) is 59.5 Å². The van der Waals surface area contributed by atoms with Crippen molar-refractivity contribution in [3.8, 4) is 5.75 Å². The zero-order valence-corrected chi connectivity index (χ0v) is 21.2. The largest absolute Gasteiger partial charge is 0.497 e. The number of anilines is 3. The fourth-order valence-corrected chi connectivity index (χ4v) is 6.11. The maximum Gasteiger partial charge on any atom is 0.326 e. The van der Waals surface area contributed by atoms with Crippen LogP contribution in [0.15, 0.2) is 107 Å². The van der Waals surface area contributed by atoms with E-state index in [4.69, 9.17) is 4.74 Å². The normalized spacial score (nSPS) is 17.6. The number of urea groups is 1. The first-order valence-electron chi connectivity index (χ1n) is 11.5. The molecule has 8 heteroatoms. The highest BCUT2D eigenvalue weighted by molar-refractivity contribution is 8.00. The van der Waals surface area contributed by atoms with Crippen molar-refractivity contribution in [2.75, 3.05) is 28.4 Å². The summed E-state index contributed by atoms with van der Waals surface area (Å²) in [5.41, 5.74) is 2.30. The highest BCUT2D eigenvalue weighted by Gasteiger charge is 2.36. The van der Waals surface area contributed by atoms with Crippen LogP contribution in [0.5, 0.6) is 5.75 Å². The van der Waals surface area contributed by atoms with Crippen molar-refractivity contribution in [1.82, 2.24) is 0 Å². The lowest BCUT2D eigenvalue weighted by Gasteiger charge is -2.40. The zero-order valence-electron chi connectivity index (χ0n) is 19.6. The standard InChI is InChI=1S/C28H25N3O3S2/c1-34-21-15-13-19(14-16-21)29-27(32)18-35-22-8-6-7-20(17-22)30-28(33)31-23-9-2-4-11-25(23)36-26-12-5-3-10-24(26)31/h2-17,23,25H,18H2,1H3,(H,29,32)(H,30,33). The summed E-state index contributed by atoms with van der Waals surface area (Å²) in [6.45, 7) is 0. The topological polar surface area (TPSA) is 70.7 Å². The first-order valence-corrected chi connectivity index (χ1v) is 13.3. The van der Waals surface area contributed by atoms with E-state index in [1.165, 1.54) is 11.8 Å². The Bertz CT molecular complexity index is 1320. The number of carbonyl (C=O) groups is 2. The number of thioether (sulfide) groups is 2. The molecule has 36 heavy (non-hydrogen) atoms. The summed E-state index contributed by atoms with van der Waals surface area (Å²) < 4.78 is 5.14. The van der Waals surface area contributed by atoms with Gasteiger partial charge in [-0.15, -0.1) is 23.5 Å². The maximum absolute atomic E-state index is 13.5. The second-order valence-corrected chi connectivity index (χ2v) is 10.5. The minimum absolute atomic E-state index is 0.0610. The molecule has 0 bridgehead atoms. The molecule has 5 rings (SSSR count). The Labute approximate surface area is 218 Å². The molecule has 6 nitrogen and oxygen atoms in total. The molecule has 0 spiro atoms. The van der Waals surface area contributed by atoms with E-state index < -0.39 is 0 Å². The number of para-hydroxylation sites is 1. The number of nitrogens with zero attached hydrogens (tertiary/aromatic N) is 1. The third-order valence-electron chi connectivity index (χ3n) is 5.79. The molecule has 182 valence electrons. The van der Waals surface area contributed by atoms with Crippen molar-refractivity contribution in [2.45, 2.75) is 21.1 Å². The van der Waals surface area contributed by atoms with Gasteiger partial charge in [-0.05, 0) is 54.6 Å². The van der Waals surface area contributed by atoms with Gasteiger partial charge >= 0.3 is 6.03 Å². The van der Waals surface area contributed by atoms with E-state index in [1.54, 1.807) is 43.1 Å². The molecule has 2 aliphatic rings. The lowest BCUT2D eigenvalue weighted by molar-refractivity contribution is -0.113. The molecule has 2 unspecified atom stereocenters. The number of fused-ring (bicyclic) bond motifs is 2. The molecule has 0 fully saturated rings. The number of allylic oxidation sites excluding steroid dienone is 2. The fourth-order valence-electron chi connectivity index (χ4n) is 4.09. The van der Waals surface area contributed by atoms with Gasteiger partial charge in [-0.25, -0.2) is 4.79 Å². The van der Waals surface area contributed by atoms with Gasteiger partial charge in [0.05, 0.1) is 29.8 Å². The minimum atomic E-state index is -0.183. The Morgan fingerprint density at radius 3 is 2.58 bits per heavy atom. The summed E-state index contributed by atoms with van der Waals surface area (Å²) in [4.78, 5) is 29.7. The molecule has 3 amide bonds. The number of amides is 3. The third kappa shape index (κ3) is 5.45. The molecule has 1 aliphatic heterocycles. The Hall–Kier alpha value is -3.62. The first kappa shape index (κ1) is 24.1. The molecule has 0 radical (unpaired) electrons. The maximum atomic E-state index is 13.5. The molecule has 2 N–H and O–H groups in total. The number of hydrogen-bond acceptors (Lipinski definition) is 5. The van der Waals surface area contributed by atoms with Crippen LogP contribution in [0.4, 0.5) is 21.9 Å². The zero-order chi connectivity index (χ0) is 24.9. The number of ether oxygens (including phenoxy) is 1. The third-order valence-corrected chi connectivity index (χ3v) is 8.09. The van der Waals surface area contributed by atoms with E-state index in [0.29, 0.717) is 11.4 Å². The van der Waals surface area contributed by atoms with Gasteiger partial charge in [0.2, 0.25) is 5.91 Å². The van der Waals surface area contributed by atoms with E-state index in [2.05, 4.69) is 28.9 Å². The first-order chi connectivity index (χ1) is 17.6. The number of carbonyl (C=O) groups excluding carboxylic acids is 2. The van der Waals surface area contributed by atoms with E-state index in [9.17, 15) is 9.59 Å². The summed E-state index contributed by atoms with van der Waals surface area (Å²) in [6.07, 6.45) is 8.23. The molecule has 0 aromatic heterocycles. The average Bonchev–Trinajstić information content (AvgIpc) is 2.91. The van der Waals surface area contributed by atoms with Gasteiger partial charge in [-0.1, -0.05) is 42.5 Å². The second-order valence-electron chi connectivity index (χ2n) is 8.20. The van der Waals surface area contributed by atoms with Gasteiger partial charge in [0, 0.05) is 21.2 Å². The van der Waals surface area contributed by atoms with E-state index >= 15 is 0 Å². The summed E-state index contributed by atoms with van der Waals surface area (Å²) in [5, 5.41) is 6.11. The highest BCUT2D eigenvalue weighted by Crippen LogP contribution is 2.43. The Morgan fingerprint density at radius 2 is 1.75 bits per heavy atom. The summed E-state index contributed by atoms with van der Waals surface area (Å²) in [5.74, 6) is 0.880. The molecule has 3 aromatic carbocycles. The Balaban J connectivity index is 1.24. The van der Waals surface area contributed by atoms with Crippen LogP contribution in [0, 0.1) is 0 Å². The lowest BCUT2D eigenvalue weighted by Crippen LogP contribution is -2.49. The fraction of sp³-hybridized carbons (Fsp3) is 0.143. The van der Waals surface area contributed by atoms with Crippen LogP contribution in [0.1, 0.15) is 0 Å². The van der Waals surface area contributed by atoms with Crippen LogP contribution >= 0.6 is 23.5 Å². The SMILES string of the molecule is COc1ccc(NC(=O)CSc2cccc(NC(=O)N3c4ccccc4SC4C=CC=CC43)c2)cc1. The van der Waals surface area contributed by atoms with Gasteiger partial charge in [0.1, 0.15) is 5.75 Å². The Morgan fingerprint density at radius 1 is 0.944 bits per heavy atom. The van der Waals surface area contributed by atoms with Gasteiger partial charge in [0.25, 0.3) is 0 Å². The summed E-state index contributed by atoms with van der Waals surface area (Å²) in [7, 11) is 1.60. The number of nitrogens with one attached hydrogen (secondary N) is 2. The van der Waals surface area contributed by atoms with Crippen LogP contribution in [0.3, 0.4) is 0 Å². The van der Waals surface area contributed by atoms with Crippen molar-refractivity contribution < 1.29 is 14.3 Å². The second kappa shape index (κ2) is 11.0. The van der Waals surface area contributed by atoms with Gasteiger partial charge in [0.15, 0.2) is 0 Å². The van der Waals surface area contributed by atoms with Gasteiger partial charge in [-0.3, -0.25) is 9.69 Å². The lowest BCUT2D eigenvalue weighted by atomic mass is 10.1. The average molecular weight is 516 g/mol. The molecule has 1 aliphatic carbocycles. The molecular weight excluding hydrogens is 490 g/mol.